The van der Waals surface area contributed by atoms with Crippen LogP contribution in [0.1, 0.15) is 16.1 Å². The minimum Gasteiger partial charge on any atom is -0.481 e. The monoisotopic (exact) mass is 325 g/mol. The standard InChI is InChI=1S/C17H15N3O2S/c1-11-6-8-12(9-7-11)14-10-23-17(19-14)20-16(21)13-4-3-5-15(18-13)22-2/h3-10H,1-2H3,(H,19,20,21). The summed E-state index contributed by atoms with van der Waals surface area (Å²) in [5.41, 5.74) is 3.34. The Morgan fingerprint density at radius 2 is 1.91 bits per heavy atom. The number of pyridine rings is 1. The number of hydrogen-bond acceptors (Lipinski definition) is 5. The lowest BCUT2D eigenvalue weighted by Gasteiger charge is -2.03. The van der Waals surface area contributed by atoms with Gasteiger partial charge in [-0.05, 0) is 13.0 Å². The Morgan fingerprint density at radius 3 is 2.65 bits per heavy atom. The van der Waals surface area contributed by atoms with Crippen molar-refractivity contribution < 1.29 is 9.53 Å². The molecule has 0 fully saturated rings. The van der Waals surface area contributed by atoms with E-state index in [0.29, 0.717) is 11.0 Å². The number of hydrogen-bond donors (Lipinski definition) is 1. The van der Waals surface area contributed by atoms with Crippen molar-refractivity contribution in [1.29, 1.82) is 0 Å². The van der Waals surface area contributed by atoms with E-state index in [1.54, 1.807) is 18.2 Å². The Balaban J connectivity index is 1.75. The molecule has 116 valence electrons. The topological polar surface area (TPSA) is 64.1 Å². The average Bonchev–Trinajstić information content (AvgIpc) is 3.04. The second-order valence-corrected chi connectivity index (χ2v) is 5.78. The summed E-state index contributed by atoms with van der Waals surface area (Å²) in [7, 11) is 1.51. The molecule has 0 bridgehead atoms. The summed E-state index contributed by atoms with van der Waals surface area (Å²) >= 11 is 1.38. The van der Waals surface area contributed by atoms with Crippen LogP contribution in [-0.2, 0) is 0 Å². The lowest BCUT2D eigenvalue weighted by Crippen LogP contribution is -2.13. The molecule has 1 aromatic carbocycles. The van der Waals surface area contributed by atoms with Gasteiger partial charge in [0.2, 0.25) is 5.88 Å². The van der Waals surface area contributed by atoms with Crippen LogP contribution in [0.25, 0.3) is 11.3 Å². The molecule has 0 saturated carbocycles. The maximum atomic E-state index is 12.2. The second kappa shape index (κ2) is 6.58. The van der Waals surface area contributed by atoms with Crippen LogP contribution in [0.3, 0.4) is 0 Å². The van der Waals surface area contributed by atoms with Gasteiger partial charge in [0.1, 0.15) is 5.69 Å². The first-order valence-electron chi connectivity index (χ1n) is 7.00. The zero-order valence-electron chi connectivity index (χ0n) is 12.7. The molecular weight excluding hydrogens is 310 g/mol. The van der Waals surface area contributed by atoms with Gasteiger partial charge in [-0.3, -0.25) is 10.1 Å². The molecule has 2 heterocycles. The van der Waals surface area contributed by atoms with E-state index in [9.17, 15) is 4.79 Å². The fraction of sp³-hybridized carbons (Fsp3) is 0.118. The zero-order valence-corrected chi connectivity index (χ0v) is 13.6. The van der Waals surface area contributed by atoms with Gasteiger partial charge in [-0.1, -0.05) is 35.9 Å². The molecule has 2 aromatic heterocycles. The number of rotatable bonds is 4. The zero-order chi connectivity index (χ0) is 16.2. The first-order valence-corrected chi connectivity index (χ1v) is 7.88. The van der Waals surface area contributed by atoms with E-state index in [4.69, 9.17) is 4.74 Å². The summed E-state index contributed by atoms with van der Waals surface area (Å²) in [5.74, 6) is 0.0887. The first kappa shape index (κ1) is 15.2. The number of carbonyl (C=O) groups is 1. The van der Waals surface area contributed by atoms with Gasteiger partial charge in [-0.2, -0.15) is 0 Å². The van der Waals surface area contributed by atoms with Gasteiger partial charge in [-0.15, -0.1) is 11.3 Å². The van der Waals surface area contributed by atoms with Gasteiger partial charge in [-0.25, -0.2) is 9.97 Å². The number of methoxy groups -OCH3 is 1. The van der Waals surface area contributed by atoms with Crippen LogP contribution < -0.4 is 10.1 Å². The highest BCUT2D eigenvalue weighted by Crippen LogP contribution is 2.25. The van der Waals surface area contributed by atoms with Crippen LogP contribution in [0.15, 0.2) is 47.8 Å². The predicted molar refractivity (Wildman–Crippen MR) is 91.0 cm³/mol. The molecule has 1 N–H and O–H groups in total. The molecule has 5 nitrogen and oxygen atoms in total. The van der Waals surface area contributed by atoms with Crippen LogP contribution in [-0.4, -0.2) is 23.0 Å². The van der Waals surface area contributed by atoms with Crippen LogP contribution in [0.4, 0.5) is 5.13 Å². The highest BCUT2D eigenvalue weighted by atomic mass is 32.1. The van der Waals surface area contributed by atoms with Gasteiger partial charge < -0.3 is 4.74 Å². The number of nitrogens with zero attached hydrogens (tertiary/aromatic N) is 2. The second-order valence-electron chi connectivity index (χ2n) is 4.92. The average molecular weight is 325 g/mol. The Bertz CT molecular complexity index is 828. The first-order chi connectivity index (χ1) is 11.2. The van der Waals surface area contributed by atoms with E-state index >= 15 is 0 Å². The maximum absolute atomic E-state index is 12.2. The third-order valence-corrected chi connectivity index (χ3v) is 4.00. The molecule has 0 aliphatic carbocycles. The van der Waals surface area contributed by atoms with Crippen molar-refractivity contribution in [3.8, 4) is 17.1 Å². The maximum Gasteiger partial charge on any atom is 0.276 e. The number of carbonyl (C=O) groups excluding carboxylic acids is 1. The minimum atomic E-state index is -0.311. The Morgan fingerprint density at radius 1 is 1.13 bits per heavy atom. The molecule has 0 radical (unpaired) electrons. The van der Waals surface area contributed by atoms with Gasteiger partial charge in [0.15, 0.2) is 5.13 Å². The van der Waals surface area contributed by atoms with E-state index in [1.165, 1.54) is 24.0 Å². The van der Waals surface area contributed by atoms with Crippen molar-refractivity contribution in [2.24, 2.45) is 0 Å². The molecule has 6 heteroatoms. The van der Waals surface area contributed by atoms with Gasteiger partial charge in [0.25, 0.3) is 5.91 Å². The van der Waals surface area contributed by atoms with Crippen LogP contribution >= 0.6 is 11.3 Å². The van der Waals surface area contributed by atoms with Crippen molar-refractivity contribution >= 4 is 22.4 Å². The summed E-state index contributed by atoms with van der Waals surface area (Å²) in [6, 6.07) is 13.1. The van der Waals surface area contributed by atoms with E-state index in [2.05, 4.69) is 15.3 Å². The summed E-state index contributed by atoms with van der Waals surface area (Å²) in [5, 5.41) is 5.21. The lowest BCUT2D eigenvalue weighted by atomic mass is 10.1. The van der Waals surface area contributed by atoms with Crippen molar-refractivity contribution in [2.45, 2.75) is 6.92 Å². The smallest absolute Gasteiger partial charge is 0.276 e. The van der Waals surface area contributed by atoms with E-state index in [0.717, 1.165) is 11.3 Å². The van der Waals surface area contributed by atoms with Crippen LogP contribution in [0, 0.1) is 6.92 Å². The van der Waals surface area contributed by atoms with Gasteiger partial charge in [0, 0.05) is 17.0 Å². The fourth-order valence-electron chi connectivity index (χ4n) is 2.00. The number of nitrogens with one attached hydrogen (secondary N) is 1. The molecule has 23 heavy (non-hydrogen) atoms. The largest absolute Gasteiger partial charge is 0.481 e. The van der Waals surface area contributed by atoms with Crippen molar-refractivity contribution in [2.75, 3.05) is 12.4 Å². The minimum absolute atomic E-state index is 0.288. The summed E-state index contributed by atoms with van der Waals surface area (Å²) in [6.07, 6.45) is 0. The highest BCUT2D eigenvalue weighted by Gasteiger charge is 2.12. The van der Waals surface area contributed by atoms with Crippen molar-refractivity contribution in [3.63, 3.8) is 0 Å². The van der Waals surface area contributed by atoms with Crippen molar-refractivity contribution in [1.82, 2.24) is 9.97 Å². The predicted octanol–water partition coefficient (Wildman–Crippen LogP) is 3.77. The van der Waals surface area contributed by atoms with Gasteiger partial charge in [0.05, 0.1) is 12.8 Å². The molecule has 0 aliphatic rings. The lowest BCUT2D eigenvalue weighted by molar-refractivity contribution is 0.102. The summed E-state index contributed by atoms with van der Waals surface area (Å²) in [6.45, 7) is 2.04. The van der Waals surface area contributed by atoms with Gasteiger partial charge >= 0.3 is 0 Å². The highest BCUT2D eigenvalue weighted by molar-refractivity contribution is 7.14. The number of aryl methyl sites for hydroxylation is 1. The number of benzene rings is 1. The quantitative estimate of drug-likeness (QED) is 0.793. The molecule has 0 saturated heterocycles. The molecule has 0 aliphatic heterocycles. The molecule has 0 atom stereocenters. The Kier molecular flexibility index (Phi) is 4.34. The number of thiazole rings is 1. The molecule has 3 aromatic rings. The Hall–Kier alpha value is -2.73. The third-order valence-electron chi connectivity index (χ3n) is 3.24. The molecule has 3 rings (SSSR count). The normalized spacial score (nSPS) is 10.3. The third kappa shape index (κ3) is 3.54. The molecule has 0 spiro atoms. The summed E-state index contributed by atoms with van der Waals surface area (Å²) in [4.78, 5) is 20.8. The van der Waals surface area contributed by atoms with E-state index in [-0.39, 0.29) is 11.6 Å². The number of ether oxygens (including phenoxy) is 1. The summed E-state index contributed by atoms with van der Waals surface area (Å²) < 4.78 is 5.02. The number of anilines is 1. The number of amides is 1. The molecule has 1 amide bonds. The number of aromatic nitrogens is 2. The molecule has 0 unspecified atom stereocenters. The molecular formula is C17H15N3O2S. The fourth-order valence-corrected chi connectivity index (χ4v) is 2.72. The van der Waals surface area contributed by atoms with Crippen LogP contribution in [0.2, 0.25) is 0 Å². The Labute approximate surface area is 138 Å². The SMILES string of the molecule is COc1cccc(C(=O)Nc2nc(-c3ccc(C)cc3)cs2)n1. The van der Waals surface area contributed by atoms with Crippen molar-refractivity contribution in [3.05, 3.63) is 59.1 Å². The van der Waals surface area contributed by atoms with E-state index in [1.807, 2.05) is 36.6 Å². The van der Waals surface area contributed by atoms with E-state index < -0.39 is 0 Å². The van der Waals surface area contributed by atoms with Crippen LogP contribution in [0.5, 0.6) is 5.88 Å².